The maximum absolute atomic E-state index is 12.6. The summed E-state index contributed by atoms with van der Waals surface area (Å²) in [7, 11) is 1.67. The van der Waals surface area contributed by atoms with Gasteiger partial charge in [-0.25, -0.2) is 0 Å². The average molecular weight is 436 g/mol. The largest absolute Gasteiger partial charge is 0.356 e. The normalized spacial score (nSPS) is 22.2. The van der Waals surface area contributed by atoms with Crippen LogP contribution in [-0.2, 0) is 19.2 Å². The third-order valence-electron chi connectivity index (χ3n) is 6.98. The lowest BCUT2D eigenvalue weighted by molar-refractivity contribution is -0.139. The zero-order valence-electron chi connectivity index (χ0n) is 19.0. The SMILES string of the molecule is CNCC(=O)NC(CC(C)C)C(=O)NCC(=O)N1CCC2(CC1)CC1(CNC(=O)C1)C2. The number of carbonyl (C=O) groups is 4. The minimum atomic E-state index is -0.646. The Hall–Kier alpha value is -2.16. The van der Waals surface area contributed by atoms with E-state index in [0.717, 1.165) is 32.2 Å². The summed E-state index contributed by atoms with van der Waals surface area (Å²) < 4.78 is 0. The van der Waals surface area contributed by atoms with Crippen LogP contribution in [0.25, 0.3) is 0 Å². The molecule has 4 N–H and O–H groups in total. The molecule has 31 heavy (non-hydrogen) atoms. The Bertz CT molecular complexity index is 707. The molecule has 2 saturated heterocycles. The Balaban J connectivity index is 1.42. The highest BCUT2D eigenvalue weighted by atomic mass is 16.2. The first-order valence-electron chi connectivity index (χ1n) is 11.4. The summed E-state index contributed by atoms with van der Waals surface area (Å²) in [4.78, 5) is 50.5. The summed E-state index contributed by atoms with van der Waals surface area (Å²) in [5.41, 5.74) is 0.423. The van der Waals surface area contributed by atoms with E-state index in [1.54, 1.807) is 7.05 Å². The van der Waals surface area contributed by atoms with Crippen LogP contribution in [0.15, 0.2) is 0 Å². The van der Waals surface area contributed by atoms with Crippen molar-refractivity contribution in [3.63, 3.8) is 0 Å². The minimum absolute atomic E-state index is 0.0509. The Morgan fingerprint density at radius 3 is 2.32 bits per heavy atom. The quantitative estimate of drug-likeness (QED) is 0.420. The first kappa shape index (κ1) is 23.5. The van der Waals surface area contributed by atoms with Crippen LogP contribution < -0.4 is 21.3 Å². The van der Waals surface area contributed by atoms with Gasteiger partial charge in [0.05, 0.1) is 13.1 Å². The fourth-order valence-corrected chi connectivity index (χ4v) is 5.63. The number of amides is 4. The van der Waals surface area contributed by atoms with Gasteiger partial charge in [-0.2, -0.15) is 0 Å². The smallest absolute Gasteiger partial charge is 0.243 e. The molecule has 0 radical (unpaired) electrons. The number of likely N-dealkylation sites (tertiary alicyclic amines) is 1. The summed E-state index contributed by atoms with van der Waals surface area (Å²) in [6.07, 6.45) is 5.21. The molecule has 1 saturated carbocycles. The number of carbonyl (C=O) groups excluding carboxylic acids is 4. The second-order valence-corrected chi connectivity index (χ2v) is 10.2. The Morgan fingerprint density at radius 2 is 1.77 bits per heavy atom. The summed E-state index contributed by atoms with van der Waals surface area (Å²) in [6, 6.07) is -0.646. The van der Waals surface area contributed by atoms with Crippen molar-refractivity contribution in [1.82, 2.24) is 26.2 Å². The monoisotopic (exact) mass is 435 g/mol. The van der Waals surface area contributed by atoms with Crippen LogP contribution in [0.2, 0.25) is 0 Å². The molecule has 9 nitrogen and oxygen atoms in total. The van der Waals surface area contributed by atoms with Crippen LogP contribution in [0.5, 0.6) is 0 Å². The van der Waals surface area contributed by atoms with Crippen molar-refractivity contribution in [2.75, 3.05) is 39.8 Å². The number of hydrogen-bond acceptors (Lipinski definition) is 5. The van der Waals surface area contributed by atoms with Crippen molar-refractivity contribution in [2.45, 2.75) is 58.4 Å². The molecule has 3 rings (SSSR count). The molecule has 0 aromatic carbocycles. The van der Waals surface area contributed by atoms with E-state index < -0.39 is 6.04 Å². The van der Waals surface area contributed by atoms with Crippen LogP contribution >= 0.6 is 0 Å². The van der Waals surface area contributed by atoms with Gasteiger partial charge in [-0.3, -0.25) is 19.2 Å². The van der Waals surface area contributed by atoms with Crippen LogP contribution in [0.3, 0.4) is 0 Å². The van der Waals surface area contributed by atoms with Gasteiger partial charge in [0, 0.05) is 26.1 Å². The highest BCUT2D eigenvalue weighted by molar-refractivity contribution is 5.91. The predicted molar refractivity (Wildman–Crippen MR) is 116 cm³/mol. The van der Waals surface area contributed by atoms with Crippen molar-refractivity contribution in [2.24, 2.45) is 16.7 Å². The predicted octanol–water partition coefficient (Wildman–Crippen LogP) is -0.238. The van der Waals surface area contributed by atoms with E-state index in [9.17, 15) is 19.2 Å². The fraction of sp³-hybridized carbons (Fsp3) is 0.818. The van der Waals surface area contributed by atoms with Crippen molar-refractivity contribution in [3.8, 4) is 0 Å². The van der Waals surface area contributed by atoms with Crippen LogP contribution in [-0.4, -0.2) is 74.3 Å². The maximum atomic E-state index is 12.6. The third kappa shape index (κ3) is 5.75. The first-order valence-corrected chi connectivity index (χ1v) is 11.4. The summed E-state index contributed by atoms with van der Waals surface area (Å²) >= 11 is 0. The van der Waals surface area contributed by atoms with Gasteiger partial charge in [-0.15, -0.1) is 0 Å². The summed E-state index contributed by atoms with van der Waals surface area (Å²) in [6.45, 7) is 6.25. The van der Waals surface area contributed by atoms with E-state index in [2.05, 4.69) is 21.3 Å². The van der Waals surface area contributed by atoms with E-state index in [-0.39, 0.29) is 53.5 Å². The maximum Gasteiger partial charge on any atom is 0.243 e. The summed E-state index contributed by atoms with van der Waals surface area (Å²) in [5, 5.41) is 11.2. The molecule has 2 aliphatic heterocycles. The van der Waals surface area contributed by atoms with Crippen LogP contribution in [0.4, 0.5) is 0 Å². The van der Waals surface area contributed by atoms with E-state index in [0.29, 0.717) is 25.9 Å². The zero-order chi connectivity index (χ0) is 22.6. The fourth-order valence-electron chi connectivity index (χ4n) is 5.63. The van der Waals surface area contributed by atoms with Gasteiger partial charge >= 0.3 is 0 Å². The average Bonchev–Trinajstić information content (AvgIpc) is 3.06. The van der Waals surface area contributed by atoms with Crippen molar-refractivity contribution in [3.05, 3.63) is 0 Å². The number of nitrogens with zero attached hydrogens (tertiary/aromatic N) is 1. The first-order chi connectivity index (χ1) is 14.7. The number of likely N-dealkylation sites (N-methyl/N-ethyl adjacent to an activating group) is 1. The lowest BCUT2D eigenvalue weighted by atomic mass is 9.49. The number of hydrogen-bond donors (Lipinski definition) is 4. The number of nitrogens with one attached hydrogen (secondary N) is 4. The number of rotatable bonds is 8. The summed E-state index contributed by atoms with van der Waals surface area (Å²) in [5.74, 6) is -0.251. The Morgan fingerprint density at radius 1 is 1.10 bits per heavy atom. The van der Waals surface area contributed by atoms with E-state index in [4.69, 9.17) is 0 Å². The van der Waals surface area contributed by atoms with Crippen molar-refractivity contribution < 1.29 is 19.2 Å². The highest BCUT2D eigenvalue weighted by Crippen LogP contribution is 2.61. The van der Waals surface area contributed by atoms with Crippen molar-refractivity contribution in [1.29, 1.82) is 0 Å². The van der Waals surface area contributed by atoms with Gasteiger partial charge in [0.15, 0.2) is 0 Å². The van der Waals surface area contributed by atoms with Gasteiger partial charge in [0.2, 0.25) is 23.6 Å². The minimum Gasteiger partial charge on any atom is -0.356 e. The molecule has 2 spiro atoms. The molecule has 4 amide bonds. The molecule has 0 aromatic heterocycles. The molecule has 3 aliphatic rings. The molecule has 9 heteroatoms. The molecule has 3 fully saturated rings. The van der Waals surface area contributed by atoms with Gasteiger partial charge in [-0.05, 0) is 55.9 Å². The molecule has 1 unspecified atom stereocenters. The molecule has 174 valence electrons. The van der Waals surface area contributed by atoms with Gasteiger partial charge in [0.1, 0.15) is 6.04 Å². The van der Waals surface area contributed by atoms with Gasteiger partial charge < -0.3 is 26.2 Å². The Kier molecular flexibility index (Phi) is 7.24. The van der Waals surface area contributed by atoms with Gasteiger partial charge in [0.25, 0.3) is 0 Å². The van der Waals surface area contributed by atoms with Crippen LogP contribution in [0, 0.1) is 16.7 Å². The van der Waals surface area contributed by atoms with Gasteiger partial charge in [-0.1, -0.05) is 13.8 Å². The topological polar surface area (TPSA) is 120 Å². The second kappa shape index (κ2) is 9.54. The molecule has 0 aromatic rings. The molecule has 1 aliphatic carbocycles. The second-order valence-electron chi connectivity index (χ2n) is 10.2. The van der Waals surface area contributed by atoms with E-state index in [1.807, 2.05) is 18.7 Å². The highest BCUT2D eigenvalue weighted by Gasteiger charge is 2.57. The molecular formula is C22H37N5O4. The lowest BCUT2D eigenvalue weighted by Crippen LogP contribution is -2.55. The van der Waals surface area contributed by atoms with Crippen molar-refractivity contribution >= 4 is 23.6 Å². The standard InChI is InChI=1S/C22H37N5O4/c1-15(2)8-16(26-18(29)10-23-3)20(31)24-11-19(30)27-6-4-21(5-7-27)12-22(13-21)9-17(28)25-14-22/h15-16,23H,4-14H2,1-3H3,(H,24,31)(H,25,28)(H,26,29). The molecule has 0 bridgehead atoms. The molecule has 2 heterocycles. The molecule has 1 atom stereocenters. The van der Waals surface area contributed by atoms with E-state index in [1.165, 1.54) is 0 Å². The zero-order valence-corrected chi connectivity index (χ0v) is 19.0. The number of piperidine rings is 1. The third-order valence-corrected chi connectivity index (χ3v) is 6.98. The molecular weight excluding hydrogens is 398 g/mol. The van der Waals surface area contributed by atoms with E-state index >= 15 is 0 Å². The van der Waals surface area contributed by atoms with Crippen LogP contribution in [0.1, 0.15) is 52.4 Å². The Labute approximate surface area is 184 Å². The lowest BCUT2D eigenvalue weighted by Gasteiger charge is -2.57.